The molecule has 1 rings (SSSR count). The Kier molecular flexibility index (Phi) is 5.86. The molecule has 0 saturated heterocycles. The predicted molar refractivity (Wildman–Crippen MR) is 79.0 cm³/mol. The second-order valence-electron chi connectivity index (χ2n) is 4.85. The molecule has 0 fully saturated rings. The average Bonchev–Trinajstić information content (AvgIpc) is 2.26. The first-order valence-corrected chi connectivity index (χ1v) is 7.10. The van der Waals surface area contributed by atoms with Crippen LogP contribution in [-0.2, 0) is 0 Å². The second-order valence-corrected chi connectivity index (χ2v) is 6.50. The van der Waals surface area contributed by atoms with E-state index in [2.05, 4.69) is 57.0 Å². The zero-order valence-corrected chi connectivity index (χ0v) is 12.1. The summed E-state index contributed by atoms with van der Waals surface area (Å²) < 4.78 is 0. The fraction of sp³-hybridized carbons (Fsp3) is 0.571. The van der Waals surface area contributed by atoms with Crippen molar-refractivity contribution in [2.45, 2.75) is 43.4 Å². The monoisotopic (exact) mass is 252 g/mol. The Hall–Kier alpha value is -0.670. The van der Waals surface area contributed by atoms with Crippen LogP contribution in [0.2, 0.25) is 0 Å². The molecule has 1 aromatic rings. The van der Waals surface area contributed by atoms with Crippen LogP contribution in [0.25, 0.3) is 0 Å². The van der Waals surface area contributed by atoms with Gasteiger partial charge in [-0.1, -0.05) is 13.8 Å². The highest BCUT2D eigenvalue weighted by Crippen LogP contribution is 2.25. The summed E-state index contributed by atoms with van der Waals surface area (Å²) in [5, 5.41) is 0.636. The lowest BCUT2D eigenvalue weighted by molar-refractivity contribution is 0.659. The molecule has 1 aromatic carbocycles. The fourth-order valence-corrected chi connectivity index (χ4v) is 2.42. The van der Waals surface area contributed by atoms with E-state index in [1.165, 1.54) is 10.6 Å². The van der Waals surface area contributed by atoms with Crippen molar-refractivity contribution in [1.82, 2.24) is 0 Å². The molecule has 0 aliphatic heterocycles. The smallest absolute Gasteiger partial charge is 0.0364 e. The molecular formula is C14H24N2S. The highest BCUT2D eigenvalue weighted by Gasteiger charge is 2.03. The average molecular weight is 252 g/mol. The molecule has 96 valence electrons. The number of anilines is 1. The highest BCUT2D eigenvalue weighted by molar-refractivity contribution is 7.99. The molecule has 0 radical (unpaired) electrons. The number of nitrogens with two attached hydrogens (primary N) is 1. The van der Waals surface area contributed by atoms with Crippen LogP contribution in [0, 0.1) is 0 Å². The van der Waals surface area contributed by atoms with Gasteiger partial charge in [0.05, 0.1) is 0 Å². The summed E-state index contributed by atoms with van der Waals surface area (Å²) in [7, 11) is 2.12. The Morgan fingerprint density at radius 2 is 1.76 bits per heavy atom. The second kappa shape index (κ2) is 6.92. The molecule has 17 heavy (non-hydrogen) atoms. The minimum atomic E-state index is 0.271. The van der Waals surface area contributed by atoms with E-state index in [4.69, 9.17) is 5.73 Å². The zero-order valence-electron chi connectivity index (χ0n) is 11.3. The maximum atomic E-state index is 5.77. The van der Waals surface area contributed by atoms with Gasteiger partial charge in [-0.15, -0.1) is 11.8 Å². The SMILES string of the molecule is CC(N)CCN(C)c1ccc(SC(C)C)cc1. The van der Waals surface area contributed by atoms with Gasteiger partial charge < -0.3 is 10.6 Å². The van der Waals surface area contributed by atoms with Gasteiger partial charge in [0.2, 0.25) is 0 Å². The third kappa shape index (κ3) is 5.46. The maximum absolute atomic E-state index is 5.77. The van der Waals surface area contributed by atoms with Gasteiger partial charge in [-0.25, -0.2) is 0 Å². The van der Waals surface area contributed by atoms with Gasteiger partial charge in [-0.05, 0) is 37.6 Å². The summed E-state index contributed by atoms with van der Waals surface area (Å²) in [5.41, 5.74) is 7.03. The summed E-state index contributed by atoms with van der Waals surface area (Å²) in [5.74, 6) is 0. The van der Waals surface area contributed by atoms with Gasteiger partial charge >= 0.3 is 0 Å². The van der Waals surface area contributed by atoms with Gasteiger partial charge in [0.15, 0.2) is 0 Å². The molecule has 0 saturated carbocycles. The summed E-state index contributed by atoms with van der Waals surface area (Å²) in [6.07, 6.45) is 1.03. The summed E-state index contributed by atoms with van der Waals surface area (Å²) >= 11 is 1.90. The molecule has 0 heterocycles. The molecule has 0 aliphatic carbocycles. The molecule has 3 heteroatoms. The first-order chi connectivity index (χ1) is 7.99. The van der Waals surface area contributed by atoms with Crippen molar-refractivity contribution in [2.24, 2.45) is 5.73 Å². The molecule has 0 spiro atoms. The summed E-state index contributed by atoms with van der Waals surface area (Å²) in [4.78, 5) is 3.59. The van der Waals surface area contributed by atoms with Crippen molar-refractivity contribution in [3.8, 4) is 0 Å². The van der Waals surface area contributed by atoms with Gasteiger partial charge in [0.25, 0.3) is 0 Å². The maximum Gasteiger partial charge on any atom is 0.0364 e. The van der Waals surface area contributed by atoms with Crippen molar-refractivity contribution < 1.29 is 0 Å². The molecule has 2 nitrogen and oxygen atoms in total. The van der Waals surface area contributed by atoms with Crippen LogP contribution in [0.15, 0.2) is 29.2 Å². The number of benzene rings is 1. The minimum absolute atomic E-state index is 0.271. The Balaban J connectivity index is 2.54. The first kappa shape index (κ1) is 14.4. The lowest BCUT2D eigenvalue weighted by atomic mass is 10.2. The molecule has 1 unspecified atom stereocenters. The van der Waals surface area contributed by atoms with Crippen LogP contribution in [-0.4, -0.2) is 24.9 Å². The van der Waals surface area contributed by atoms with Crippen LogP contribution in [0.3, 0.4) is 0 Å². The standard InChI is InChI=1S/C14H24N2S/c1-11(2)17-14-7-5-13(6-8-14)16(4)10-9-12(3)15/h5-8,11-12H,9-10,15H2,1-4H3. The number of hydrogen-bond donors (Lipinski definition) is 1. The van der Waals surface area contributed by atoms with Crippen molar-refractivity contribution in [1.29, 1.82) is 0 Å². The first-order valence-electron chi connectivity index (χ1n) is 6.22. The molecule has 2 N–H and O–H groups in total. The Morgan fingerprint density at radius 1 is 1.18 bits per heavy atom. The van der Waals surface area contributed by atoms with Crippen molar-refractivity contribution >= 4 is 17.4 Å². The lowest BCUT2D eigenvalue weighted by Crippen LogP contribution is -2.25. The molecule has 0 aliphatic rings. The molecular weight excluding hydrogens is 228 g/mol. The Labute approximate surface area is 110 Å². The minimum Gasteiger partial charge on any atom is -0.375 e. The Morgan fingerprint density at radius 3 is 2.24 bits per heavy atom. The van der Waals surface area contributed by atoms with Gasteiger partial charge in [0.1, 0.15) is 0 Å². The van der Waals surface area contributed by atoms with E-state index < -0.39 is 0 Å². The normalized spacial score (nSPS) is 12.8. The number of nitrogens with zero attached hydrogens (tertiary/aromatic N) is 1. The van der Waals surface area contributed by atoms with Crippen LogP contribution in [0.5, 0.6) is 0 Å². The lowest BCUT2D eigenvalue weighted by Gasteiger charge is -2.20. The molecule has 0 aromatic heterocycles. The van der Waals surface area contributed by atoms with Crippen molar-refractivity contribution in [3.63, 3.8) is 0 Å². The largest absolute Gasteiger partial charge is 0.375 e. The summed E-state index contributed by atoms with van der Waals surface area (Å²) in [6.45, 7) is 7.49. The van der Waals surface area contributed by atoms with Crippen LogP contribution in [0.4, 0.5) is 5.69 Å². The van der Waals surface area contributed by atoms with Gasteiger partial charge in [-0.2, -0.15) is 0 Å². The topological polar surface area (TPSA) is 29.3 Å². The van der Waals surface area contributed by atoms with E-state index in [0.717, 1.165) is 13.0 Å². The number of hydrogen-bond acceptors (Lipinski definition) is 3. The molecule has 0 amide bonds. The molecule has 0 bridgehead atoms. The predicted octanol–water partition coefficient (Wildman–Crippen LogP) is 3.36. The quantitative estimate of drug-likeness (QED) is 0.787. The van der Waals surface area contributed by atoms with E-state index in [-0.39, 0.29) is 6.04 Å². The van der Waals surface area contributed by atoms with E-state index >= 15 is 0 Å². The van der Waals surface area contributed by atoms with Crippen molar-refractivity contribution in [2.75, 3.05) is 18.5 Å². The third-order valence-corrected chi connectivity index (χ3v) is 3.58. The van der Waals surface area contributed by atoms with E-state index in [0.29, 0.717) is 5.25 Å². The van der Waals surface area contributed by atoms with Crippen LogP contribution < -0.4 is 10.6 Å². The van der Waals surface area contributed by atoms with E-state index in [9.17, 15) is 0 Å². The fourth-order valence-electron chi connectivity index (χ4n) is 1.58. The van der Waals surface area contributed by atoms with Gasteiger partial charge in [0, 0.05) is 35.5 Å². The van der Waals surface area contributed by atoms with Gasteiger partial charge in [-0.3, -0.25) is 0 Å². The zero-order chi connectivity index (χ0) is 12.8. The van der Waals surface area contributed by atoms with Crippen LogP contribution in [0.1, 0.15) is 27.2 Å². The number of thioether (sulfide) groups is 1. The third-order valence-electron chi connectivity index (χ3n) is 2.57. The number of rotatable bonds is 6. The van der Waals surface area contributed by atoms with Crippen molar-refractivity contribution in [3.05, 3.63) is 24.3 Å². The Bertz CT molecular complexity index is 319. The van der Waals surface area contributed by atoms with E-state index in [1.807, 2.05) is 11.8 Å². The van der Waals surface area contributed by atoms with Crippen LogP contribution >= 0.6 is 11.8 Å². The molecule has 1 atom stereocenters. The summed E-state index contributed by atoms with van der Waals surface area (Å²) in [6, 6.07) is 9.04. The van der Waals surface area contributed by atoms with E-state index in [1.54, 1.807) is 0 Å². The highest BCUT2D eigenvalue weighted by atomic mass is 32.2.